The molecule has 2 rings (SSSR count). The molecule has 1 aliphatic rings. The molecular weight excluding hydrogens is 240 g/mol. The van der Waals surface area contributed by atoms with E-state index in [1.54, 1.807) is 18.3 Å². The van der Waals surface area contributed by atoms with Crippen LogP contribution in [0.25, 0.3) is 0 Å². The Morgan fingerprint density at radius 3 is 2.95 bits per heavy atom. The molecule has 1 aromatic heterocycles. The van der Waals surface area contributed by atoms with Crippen molar-refractivity contribution >= 4 is 0 Å². The molecule has 1 fully saturated rings. The van der Waals surface area contributed by atoms with E-state index in [9.17, 15) is 5.11 Å². The van der Waals surface area contributed by atoms with Crippen molar-refractivity contribution in [2.24, 2.45) is 5.92 Å². The smallest absolute Gasteiger partial charge is 0.122 e. The molecule has 0 amide bonds. The number of aliphatic hydroxyl groups excluding tert-OH is 1. The second kappa shape index (κ2) is 7.10. The molecule has 0 radical (unpaired) electrons. The van der Waals surface area contributed by atoms with Crippen molar-refractivity contribution in [3.8, 4) is 11.8 Å². The standard InChI is InChI=1S/C15H20N2O2/c16-8-6-15(18)14-10-13(7-9-17-14)19-11-12-4-2-1-3-5-12/h7,9-10,12,15,18H,1-6,11H2/t15-/m1/s1. The number of hydrogen-bond acceptors (Lipinski definition) is 4. The average molecular weight is 260 g/mol. The van der Waals surface area contributed by atoms with Crippen molar-refractivity contribution in [2.75, 3.05) is 6.61 Å². The molecule has 4 heteroatoms. The maximum absolute atomic E-state index is 9.72. The molecule has 0 aromatic carbocycles. The Morgan fingerprint density at radius 1 is 1.42 bits per heavy atom. The molecule has 1 saturated carbocycles. The first kappa shape index (κ1) is 13.8. The van der Waals surface area contributed by atoms with Crippen LogP contribution in [-0.2, 0) is 0 Å². The van der Waals surface area contributed by atoms with Crippen LogP contribution < -0.4 is 4.74 Å². The van der Waals surface area contributed by atoms with E-state index in [-0.39, 0.29) is 6.42 Å². The molecular formula is C15H20N2O2. The van der Waals surface area contributed by atoms with Gasteiger partial charge >= 0.3 is 0 Å². The molecule has 4 nitrogen and oxygen atoms in total. The summed E-state index contributed by atoms with van der Waals surface area (Å²) in [6, 6.07) is 5.46. The van der Waals surface area contributed by atoms with E-state index in [2.05, 4.69) is 4.98 Å². The minimum absolute atomic E-state index is 0.0546. The molecule has 1 N–H and O–H groups in total. The van der Waals surface area contributed by atoms with Gasteiger partial charge in [-0.05, 0) is 24.8 Å². The van der Waals surface area contributed by atoms with E-state index in [1.165, 1.54) is 32.1 Å². The molecule has 0 aliphatic heterocycles. The lowest BCUT2D eigenvalue weighted by molar-refractivity contribution is 0.176. The van der Waals surface area contributed by atoms with Gasteiger partial charge in [0.25, 0.3) is 0 Å². The number of nitriles is 1. The molecule has 19 heavy (non-hydrogen) atoms. The number of pyridine rings is 1. The molecule has 1 heterocycles. The van der Waals surface area contributed by atoms with Crippen LogP contribution in [0.2, 0.25) is 0 Å². The Kier molecular flexibility index (Phi) is 5.17. The quantitative estimate of drug-likeness (QED) is 0.883. The van der Waals surface area contributed by atoms with E-state index < -0.39 is 6.10 Å². The predicted octanol–water partition coefficient (Wildman–Crippen LogP) is 2.99. The van der Waals surface area contributed by atoms with Crippen molar-refractivity contribution in [3.05, 3.63) is 24.0 Å². The van der Waals surface area contributed by atoms with Gasteiger partial charge in [-0.3, -0.25) is 4.98 Å². The molecule has 1 atom stereocenters. The number of aromatic nitrogens is 1. The van der Waals surface area contributed by atoms with Crippen molar-refractivity contribution in [1.29, 1.82) is 5.26 Å². The first-order valence-electron chi connectivity index (χ1n) is 6.93. The number of hydrogen-bond donors (Lipinski definition) is 1. The Labute approximate surface area is 114 Å². The van der Waals surface area contributed by atoms with Crippen LogP contribution in [0.4, 0.5) is 0 Å². The number of nitrogens with zero attached hydrogens (tertiary/aromatic N) is 2. The molecule has 1 aliphatic carbocycles. The third kappa shape index (κ3) is 4.22. The van der Waals surface area contributed by atoms with E-state index in [0.717, 1.165) is 12.4 Å². The fourth-order valence-electron chi connectivity index (χ4n) is 2.46. The van der Waals surface area contributed by atoms with Gasteiger partial charge in [0.05, 0.1) is 24.8 Å². The average Bonchev–Trinajstić information content (AvgIpc) is 2.47. The maximum Gasteiger partial charge on any atom is 0.122 e. The van der Waals surface area contributed by atoms with Gasteiger partial charge in [0, 0.05) is 12.3 Å². The summed E-state index contributed by atoms with van der Waals surface area (Å²) in [7, 11) is 0. The molecule has 0 spiro atoms. The fourth-order valence-corrected chi connectivity index (χ4v) is 2.46. The molecule has 1 aromatic rings. The largest absolute Gasteiger partial charge is 0.493 e. The first-order valence-corrected chi connectivity index (χ1v) is 6.93. The first-order chi connectivity index (χ1) is 9.29. The van der Waals surface area contributed by atoms with Crippen LogP contribution in [0.15, 0.2) is 18.3 Å². The topological polar surface area (TPSA) is 66.1 Å². The zero-order valence-corrected chi connectivity index (χ0v) is 11.1. The van der Waals surface area contributed by atoms with Crippen LogP contribution in [0, 0.1) is 17.2 Å². The summed E-state index contributed by atoms with van der Waals surface area (Å²) in [6.07, 6.45) is 7.28. The second-order valence-corrected chi connectivity index (χ2v) is 5.11. The highest BCUT2D eigenvalue weighted by Crippen LogP contribution is 2.25. The Bertz CT molecular complexity index is 436. The van der Waals surface area contributed by atoms with Crippen molar-refractivity contribution in [2.45, 2.75) is 44.6 Å². The highest BCUT2D eigenvalue weighted by molar-refractivity contribution is 5.24. The van der Waals surface area contributed by atoms with Gasteiger partial charge in [-0.15, -0.1) is 0 Å². The minimum atomic E-state index is -0.830. The van der Waals surface area contributed by atoms with Crippen LogP contribution in [0.1, 0.15) is 50.3 Å². The maximum atomic E-state index is 9.72. The van der Waals surface area contributed by atoms with Crippen molar-refractivity contribution in [3.63, 3.8) is 0 Å². The predicted molar refractivity (Wildman–Crippen MR) is 71.5 cm³/mol. The van der Waals surface area contributed by atoms with E-state index in [1.807, 2.05) is 6.07 Å². The van der Waals surface area contributed by atoms with Crippen LogP contribution in [0.5, 0.6) is 5.75 Å². The lowest BCUT2D eigenvalue weighted by Gasteiger charge is -2.21. The summed E-state index contributed by atoms with van der Waals surface area (Å²) in [6.45, 7) is 0.734. The van der Waals surface area contributed by atoms with Crippen LogP contribution >= 0.6 is 0 Å². The van der Waals surface area contributed by atoms with Crippen molar-refractivity contribution in [1.82, 2.24) is 4.98 Å². The highest BCUT2D eigenvalue weighted by Gasteiger charge is 2.14. The summed E-state index contributed by atoms with van der Waals surface area (Å²) in [5.41, 5.74) is 0.502. The van der Waals surface area contributed by atoms with Gasteiger partial charge in [0.15, 0.2) is 0 Å². The molecule has 0 saturated heterocycles. The SMILES string of the molecule is N#CC[C@@H](O)c1cc(OCC2CCCCC2)ccn1. The third-order valence-electron chi connectivity index (χ3n) is 3.59. The van der Waals surface area contributed by atoms with Crippen LogP contribution in [0.3, 0.4) is 0 Å². The minimum Gasteiger partial charge on any atom is -0.493 e. The fraction of sp³-hybridized carbons (Fsp3) is 0.600. The third-order valence-corrected chi connectivity index (χ3v) is 3.59. The van der Waals surface area contributed by atoms with E-state index in [0.29, 0.717) is 11.6 Å². The van der Waals surface area contributed by atoms with Gasteiger partial charge in [-0.1, -0.05) is 19.3 Å². The van der Waals surface area contributed by atoms with Gasteiger partial charge in [-0.25, -0.2) is 0 Å². The van der Waals surface area contributed by atoms with Gasteiger partial charge in [0.1, 0.15) is 11.9 Å². The van der Waals surface area contributed by atoms with Gasteiger partial charge < -0.3 is 9.84 Å². The zero-order valence-electron chi connectivity index (χ0n) is 11.1. The summed E-state index contributed by atoms with van der Waals surface area (Å²) in [5.74, 6) is 1.38. The van der Waals surface area contributed by atoms with Gasteiger partial charge in [-0.2, -0.15) is 5.26 Å². The summed E-state index contributed by atoms with van der Waals surface area (Å²) < 4.78 is 5.78. The zero-order chi connectivity index (χ0) is 13.5. The summed E-state index contributed by atoms with van der Waals surface area (Å²) in [5, 5.41) is 18.3. The van der Waals surface area contributed by atoms with Gasteiger partial charge in [0.2, 0.25) is 0 Å². The lowest BCUT2D eigenvalue weighted by atomic mass is 9.90. The summed E-state index contributed by atoms with van der Waals surface area (Å²) in [4.78, 5) is 4.07. The molecule has 0 bridgehead atoms. The number of rotatable bonds is 5. The normalized spacial score (nSPS) is 17.7. The lowest BCUT2D eigenvalue weighted by Crippen LogP contribution is -2.15. The van der Waals surface area contributed by atoms with E-state index in [4.69, 9.17) is 10.00 Å². The van der Waals surface area contributed by atoms with E-state index >= 15 is 0 Å². The monoisotopic (exact) mass is 260 g/mol. The second-order valence-electron chi connectivity index (χ2n) is 5.11. The Balaban J connectivity index is 1.89. The van der Waals surface area contributed by atoms with Crippen LogP contribution in [-0.4, -0.2) is 16.7 Å². The Morgan fingerprint density at radius 2 is 2.21 bits per heavy atom. The van der Waals surface area contributed by atoms with Crippen molar-refractivity contribution < 1.29 is 9.84 Å². The molecule has 102 valence electrons. The Hall–Kier alpha value is -1.60. The molecule has 0 unspecified atom stereocenters. The number of ether oxygens (including phenoxy) is 1. The summed E-state index contributed by atoms with van der Waals surface area (Å²) >= 11 is 0. The number of aliphatic hydroxyl groups is 1. The highest BCUT2D eigenvalue weighted by atomic mass is 16.5.